The van der Waals surface area contributed by atoms with Crippen LogP contribution in [-0.2, 0) is 0 Å². The SMILES string of the molecule is CN1CCC(Oc2cc(NC(=O)c3c(F)cccc3F)ccc2Cl)CC1. The Morgan fingerprint density at radius 2 is 1.85 bits per heavy atom. The fourth-order valence-electron chi connectivity index (χ4n) is 2.86. The van der Waals surface area contributed by atoms with Gasteiger partial charge in [0.1, 0.15) is 29.1 Å². The van der Waals surface area contributed by atoms with Gasteiger partial charge in [-0.15, -0.1) is 0 Å². The highest BCUT2D eigenvalue weighted by atomic mass is 35.5. The van der Waals surface area contributed by atoms with Gasteiger partial charge in [0.2, 0.25) is 0 Å². The number of rotatable bonds is 4. The fraction of sp³-hybridized carbons (Fsp3) is 0.316. The first kappa shape index (κ1) is 18.6. The van der Waals surface area contributed by atoms with E-state index < -0.39 is 23.1 Å². The van der Waals surface area contributed by atoms with E-state index in [2.05, 4.69) is 17.3 Å². The first-order chi connectivity index (χ1) is 12.4. The summed E-state index contributed by atoms with van der Waals surface area (Å²) in [6, 6.07) is 7.98. The minimum atomic E-state index is -0.917. The van der Waals surface area contributed by atoms with Crippen LogP contribution in [0.5, 0.6) is 5.75 Å². The molecule has 0 atom stereocenters. The molecule has 0 radical (unpaired) electrons. The Bertz CT molecular complexity index is 788. The second-order valence-electron chi connectivity index (χ2n) is 6.32. The Morgan fingerprint density at radius 1 is 1.19 bits per heavy atom. The number of benzene rings is 2. The number of halogens is 3. The summed E-state index contributed by atoms with van der Waals surface area (Å²) in [6.45, 7) is 1.87. The van der Waals surface area contributed by atoms with E-state index in [0.29, 0.717) is 16.5 Å². The Hall–Kier alpha value is -2.18. The Balaban J connectivity index is 1.74. The molecule has 0 spiro atoms. The lowest BCUT2D eigenvalue weighted by Gasteiger charge is -2.29. The molecule has 3 rings (SSSR count). The number of amides is 1. The van der Waals surface area contributed by atoms with E-state index in [9.17, 15) is 13.6 Å². The summed E-state index contributed by atoms with van der Waals surface area (Å²) < 4.78 is 33.4. The second-order valence-corrected chi connectivity index (χ2v) is 6.72. The van der Waals surface area contributed by atoms with Crippen molar-refractivity contribution in [2.75, 3.05) is 25.5 Å². The first-order valence-corrected chi connectivity index (χ1v) is 8.72. The number of hydrogen-bond acceptors (Lipinski definition) is 3. The molecule has 2 aromatic carbocycles. The first-order valence-electron chi connectivity index (χ1n) is 8.34. The molecule has 0 aromatic heterocycles. The molecule has 0 unspecified atom stereocenters. The third-order valence-corrected chi connectivity index (χ3v) is 4.65. The van der Waals surface area contributed by atoms with Crippen molar-refractivity contribution < 1.29 is 18.3 Å². The lowest BCUT2D eigenvalue weighted by molar-refractivity contribution is 0.101. The van der Waals surface area contributed by atoms with Gasteiger partial charge in [-0.2, -0.15) is 0 Å². The van der Waals surface area contributed by atoms with Gasteiger partial charge in [-0.1, -0.05) is 17.7 Å². The zero-order valence-corrected chi connectivity index (χ0v) is 15.0. The lowest BCUT2D eigenvalue weighted by atomic mass is 10.1. The molecule has 1 aliphatic rings. The third kappa shape index (κ3) is 4.31. The van der Waals surface area contributed by atoms with E-state index in [-0.39, 0.29) is 6.10 Å². The van der Waals surface area contributed by atoms with Crippen LogP contribution in [-0.4, -0.2) is 37.0 Å². The molecule has 1 N–H and O–H groups in total. The highest BCUT2D eigenvalue weighted by molar-refractivity contribution is 6.32. The molecule has 0 saturated carbocycles. The molecule has 26 heavy (non-hydrogen) atoms. The van der Waals surface area contributed by atoms with E-state index in [1.54, 1.807) is 18.2 Å². The topological polar surface area (TPSA) is 41.6 Å². The van der Waals surface area contributed by atoms with Crippen molar-refractivity contribution in [3.05, 3.63) is 58.6 Å². The standard InChI is InChI=1S/C19H19ClF2N2O2/c1-24-9-7-13(8-10-24)26-17-11-12(5-6-14(17)20)23-19(25)18-15(21)3-2-4-16(18)22/h2-6,11,13H,7-10H2,1H3,(H,23,25). The van der Waals surface area contributed by atoms with Crippen LogP contribution >= 0.6 is 11.6 Å². The molecular weight excluding hydrogens is 362 g/mol. The zero-order chi connectivity index (χ0) is 18.7. The summed E-state index contributed by atoms with van der Waals surface area (Å²) in [6.07, 6.45) is 1.80. The van der Waals surface area contributed by atoms with E-state index in [1.165, 1.54) is 6.07 Å². The van der Waals surface area contributed by atoms with Gasteiger partial charge in [0, 0.05) is 24.8 Å². The van der Waals surface area contributed by atoms with Gasteiger partial charge >= 0.3 is 0 Å². The molecule has 2 aromatic rings. The smallest absolute Gasteiger partial charge is 0.261 e. The van der Waals surface area contributed by atoms with Crippen molar-refractivity contribution in [2.24, 2.45) is 0 Å². The summed E-state index contributed by atoms with van der Waals surface area (Å²) in [7, 11) is 2.06. The van der Waals surface area contributed by atoms with E-state index in [1.807, 2.05) is 0 Å². The molecule has 138 valence electrons. The van der Waals surface area contributed by atoms with E-state index >= 15 is 0 Å². The lowest BCUT2D eigenvalue weighted by Crippen LogP contribution is -2.35. The van der Waals surface area contributed by atoms with Gasteiger partial charge in [-0.05, 0) is 44.2 Å². The van der Waals surface area contributed by atoms with Crippen molar-refractivity contribution in [1.29, 1.82) is 0 Å². The van der Waals surface area contributed by atoms with Crippen LogP contribution in [0.15, 0.2) is 36.4 Å². The van der Waals surface area contributed by atoms with Gasteiger partial charge < -0.3 is 15.0 Å². The predicted octanol–water partition coefficient (Wildman–Crippen LogP) is 4.34. The number of carbonyl (C=O) groups excluding carboxylic acids is 1. The monoisotopic (exact) mass is 380 g/mol. The van der Waals surface area contributed by atoms with Gasteiger partial charge in [-0.3, -0.25) is 4.79 Å². The van der Waals surface area contributed by atoms with E-state index in [4.69, 9.17) is 16.3 Å². The summed E-state index contributed by atoms with van der Waals surface area (Å²) in [4.78, 5) is 14.4. The quantitative estimate of drug-likeness (QED) is 0.857. The molecule has 1 fully saturated rings. The molecule has 0 aliphatic carbocycles. The highest BCUT2D eigenvalue weighted by Crippen LogP contribution is 2.30. The van der Waals surface area contributed by atoms with Gasteiger partial charge in [0.15, 0.2) is 0 Å². The average Bonchev–Trinajstić information content (AvgIpc) is 2.59. The molecule has 7 heteroatoms. The van der Waals surface area contributed by atoms with Crippen molar-refractivity contribution in [3.63, 3.8) is 0 Å². The fourth-order valence-corrected chi connectivity index (χ4v) is 3.02. The minimum absolute atomic E-state index is 0.0404. The maximum atomic E-state index is 13.7. The summed E-state index contributed by atoms with van der Waals surface area (Å²) >= 11 is 6.18. The molecule has 1 amide bonds. The predicted molar refractivity (Wildman–Crippen MR) is 96.9 cm³/mol. The number of hydrogen-bond donors (Lipinski definition) is 1. The Morgan fingerprint density at radius 3 is 2.50 bits per heavy atom. The number of anilines is 1. The average molecular weight is 381 g/mol. The molecule has 1 aliphatic heterocycles. The van der Waals surface area contributed by atoms with Gasteiger partial charge in [0.25, 0.3) is 5.91 Å². The highest BCUT2D eigenvalue weighted by Gasteiger charge is 2.20. The van der Waals surface area contributed by atoms with Crippen molar-refractivity contribution in [2.45, 2.75) is 18.9 Å². The molecule has 0 bridgehead atoms. The van der Waals surface area contributed by atoms with E-state index in [0.717, 1.165) is 38.1 Å². The van der Waals surface area contributed by atoms with Crippen molar-refractivity contribution in [1.82, 2.24) is 4.90 Å². The number of ether oxygens (including phenoxy) is 1. The largest absolute Gasteiger partial charge is 0.489 e. The van der Waals surface area contributed by atoms with Crippen LogP contribution in [0.1, 0.15) is 23.2 Å². The number of likely N-dealkylation sites (tertiary alicyclic amines) is 1. The molecule has 4 nitrogen and oxygen atoms in total. The van der Waals surface area contributed by atoms with Crippen LogP contribution < -0.4 is 10.1 Å². The normalized spacial score (nSPS) is 15.7. The summed E-state index contributed by atoms with van der Waals surface area (Å²) in [5.41, 5.74) is -0.273. The number of nitrogens with one attached hydrogen (secondary N) is 1. The minimum Gasteiger partial charge on any atom is -0.489 e. The van der Waals surface area contributed by atoms with Crippen LogP contribution in [0.25, 0.3) is 0 Å². The molecule has 1 saturated heterocycles. The maximum Gasteiger partial charge on any atom is 0.261 e. The van der Waals surface area contributed by atoms with Crippen LogP contribution in [0, 0.1) is 11.6 Å². The van der Waals surface area contributed by atoms with Gasteiger partial charge in [0.05, 0.1) is 5.02 Å². The number of carbonyl (C=O) groups is 1. The second kappa shape index (κ2) is 8.01. The van der Waals surface area contributed by atoms with Crippen LogP contribution in [0.4, 0.5) is 14.5 Å². The van der Waals surface area contributed by atoms with Crippen LogP contribution in [0.2, 0.25) is 5.02 Å². The Labute approximate surface area is 155 Å². The molecular formula is C19H19ClF2N2O2. The van der Waals surface area contributed by atoms with Crippen molar-refractivity contribution >= 4 is 23.2 Å². The van der Waals surface area contributed by atoms with Crippen LogP contribution in [0.3, 0.4) is 0 Å². The van der Waals surface area contributed by atoms with Gasteiger partial charge in [-0.25, -0.2) is 8.78 Å². The maximum absolute atomic E-state index is 13.7. The summed E-state index contributed by atoms with van der Waals surface area (Å²) in [5, 5.41) is 2.90. The molecule has 1 heterocycles. The number of piperidine rings is 1. The third-order valence-electron chi connectivity index (χ3n) is 4.34. The summed E-state index contributed by atoms with van der Waals surface area (Å²) in [5.74, 6) is -2.26. The Kier molecular flexibility index (Phi) is 5.74. The zero-order valence-electron chi connectivity index (χ0n) is 14.3. The van der Waals surface area contributed by atoms with Crippen molar-refractivity contribution in [3.8, 4) is 5.75 Å². The number of nitrogens with zero attached hydrogens (tertiary/aromatic N) is 1.